The van der Waals surface area contributed by atoms with Gasteiger partial charge in [0.2, 0.25) is 0 Å². The molecule has 0 aliphatic carbocycles. The monoisotopic (exact) mass is 387 g/mol. The zero-order chi connectivity index (χ0) is 20.5. The van der Waals surface area contributed by atoms with Crippen molar-refractivity contribution >= 4 is 23.6 Å². The summed E-state index contributed by atoms with van der Waals surface area (Å²) in [7, 11) is 2.88. The molecule has 0 aliphatic heterocycles. The Morgan fingerprint density at radius 1 is 1.18 bits per heavy atom. The van der Waals surface area contributed by atoms with Gasteiger partial charge in [-0.3, -0.25) is 10.1 Å². The highest BCUT2D eigenvalue weighted by Gasteiger charge is 2.17. The lowest BCUT2D eigenvalue weighted by Crippen LogP contribution is -2.16. The molecule has 0 aliphatic rings. The fourth-order valence-electron chi connectivity index (χ4n) is 2.31. The van der Waals surface area contributed by atoms with E-state index in [1.165, 1.54) is 32.4 Å². The summed E-state index contributed by atoms with van der Waals surface area (Å²) in [5.41, 5.74) is 0.184. The van der Waals surface area contributed by atoms with Gasteiger partial charge in [-0.15, -0.1) is 0 Å². The Bertz CT molecular complexity index is 930. The van der Waals surface area contributed by atoms with E-state index in [-0.39, 0.29) is 17.9 Å². The van der Waals surface area contributed by atoms with Crippen LogP contribution < -0.4 is 15.7 Å². The number of rotatable bonds is 8. The summed E-state index contributed by atoms with van der Waals surface area (Å²) in [4.78, 5) is 36.1. The quantitative estimate of drug-likeness (QED) is 0.422. The maximum absolute atomic E-state index is 12.4. The molecule has 28 heavy (non-hydrogen) atoms. The SMILES string of the molecule is COCCOC(=O)Nc1cccc(C=CC(=O)c2c(OC)cc(C)oc2=O)c1. The fraction of sp³-hybridized carbons (Fsp3) is 0.250. The van der Waals surface area contributed by atoms with Crippen molar-refractivity contribution < 1.29 is 28.2 Å². The standard InChI is InChI=1S/C20H21NO7/c1-13-11-17(26-3)18(19(23)28-13)16(22)8-7-14-5-4-6-15(12-14)21-20(24)27-10-9-25-2/h4-8,11-12H,9-10H2,1-3H3,(H,21,24). The molecule has 0 atom stereocenters. The lowest BCUT2D eigenvalue weighted by molar-refractivity contribution is 0.104. The van der Waals surface area contributed by atoms with Crippen LogP contribution in [0.15, 0.2) is 45.6 Å². The molecule has 0 fully saturated rings. The highest BCUT2D eigenvalue weighted by Crippen LogP contribution is 2.18. The number of amides is 1. The second-order valence-corrected chi connectivity index (χ2v) is 5.66. The van der Waals surface area contributed by atoms with Gasteiger partial charge in [-0.25, -0.2) is 9.59 Å². The number of aryl methyl sites for hydroxylation is 1. The summed E-state index contributed by atoms with van der Waals surface area (Å²) in [6, 6.07) is 8.24. The van der Waals surface area contributed by atoms with Crippen molar-refractivity contribution in [2.45, 2.75) is 6.92 Å². The van der Waals surface area contributed by atoms with Crippen LogP contribution >= 0.6 is 0 Å². The maximum atomic E-state index is 12.4. The molecule has 148 valence electrons. The summed E-state index contributed by atoms with van der Waals surface area (Å²) in [6.45, 7) is 2.03. The first-order valence-corrected chi connectivity index (χ1v) is 8.38. The average molecular weight is 387 g/mol. The Kier molecular flexibility index (Phi) is 7.53. The van der Waals surface area contributed by atoms with Crippen molar-refractivity contribution in [3.8, 4) is 5.75 Å². The Balaban J connectivity index is 2.12. The molecule has 0 spiro atoms. The molecule has 0 bridgehead atoms. The number of benzene rings is 1. The van der Waals surface area contributed by atoms with E-state index in [1.54, 1.807) is 31.2 Å². The lowest BCUT2D eigenvalue weighted by atomic mass is 10.1. The van der Waals surface area contributed by atoms with E-state index < -0.39 is 17.5 Å². The molecular weight excluding hydrogens is 366 g/mol. The van der Waals surface area contributed by atoms with Crippen molar-refractivity contribution in [2.75, 3.05) is 32.8 Å². The first-order valence-electron chi connectivity index (χ1n) is 8.38. The van der Waals surface area contributed by atoms with Gasteiger partial charge >= 0.3 is 11.7 Å². The third-order valence-electron chi connectivity index (χ3n) is 3.59. The predicted octanol–water partition coefficient (Wildman–Crippen LogP) is 3.05. The van der Waals surface area contributed by atoms with Gasteiger partial charge in [0.1, 0.15) is 23.7 Å². The average Bonchev–Trinajstić information content (AvgIpc) is 2.66. The van der Waals surface area contributed by atoms with Crippen molar-refractivity contribution in [1.29, 1.82) is 0 Å². The number of ketones is 1. The Morgan fingerprint density at radius 3 is 2.68 bits per heavy atom. The fourth-order valence-corrected chi connectivity index (χ4v) is 2.31. The minimum Gasteiger partial charge on any atom is -0.496 e. The number of carbonyl (C=O) groups excluding carboxylic acids is 2. The molecule has 1 aromatic carbocycles. The predicted molar refractivity (Wildman–Crippen MR) is 103 cm³/mol. The van der Waals surface area contributed by atoms with Crippen molar-refractivity contribution in [3.05, 3.63) is 63.7 Å². The van der Waals surface area contributed by atoms with Gasteiger partial charge in [0.05, 0.1) is 13.7 Å². The molecule has 8 nitrogen and oxygen atoms in total. The van der Waals surface area contributed by atoms with Crippen LogP contribution in [-0.4, -0.2) is 39.3 Å². The summed E-state index contributed by atoms with van der Waals surface area (Å²) in [5, 5.41) is 2.57. The lowest BCUT2D eigenvalue weighted by Gasteiger charge is -2.07. The normalized spacial score (nSPS) is 10.7. The maximum Gasteiger partial charge on any atom is 0.411 e. The zero-order valence-electron chi connectivity index (χ0n) is 15.8. The molecule has 0 saturated heterocycles. The van der Waals surface area contributed by atoms with E-state index >= 15 is 0 Å². The third-order valence-corrected chi connectivity index (χ3v) is 3.59. The Morgan fingerprint density at radius 2 is 1.96 bits per heavy atom. The van der Waals surface area contributed by atoms with E-state index in [1.807, 2.05) is 0 Å². The Labute approximate surface area is 161 Å². The molecule has 1 N–H and O–H groups in total. The first kappa shape index (κ1) is 20.9. The second-order valence-electron chi connectivity index (χ2n) is 5.66. The van der Waals surface area contributed by atoms with Gasteiger partial charge in [0.25, 0.3) is 0 Å². The molecule has 2 aromatic rings. The molecule has 0 saturated carbocycles. The van der Waals surface area contributed by atoms with Crippen LogP contribution in [0.5, 0.6) is 5.75 Å². The number of carbonyl (C=O) groups is 2. The van der Waals surface area contributed by atoms with Crippen LogP contribution in [0.3, 0.4) is 0 Å². The summed E-state index contributed by atoms with van der Waals surface area (Å²) in [5.74, 6) is -0.0564. The summed E-state index contributed by atoms with van der Waals surface area (Å²) in [6.07, 6.45) is 2.14. The van der Waals surface area contributed by atoms with Gasteiger partial charge in [-0.1, -0.05) is 18.2 Å². The molecule has 1 amide bonds. The number of methoxy groups -OCH3 is 2. The van der Waals surface area contributed by atoms with Gasteiger partial charge in [-0.05, 0) is 30.7 Å². The smallest absolute Gasteiger partial charge is 0.411 e. The van der Waals surface area contributed by atoms with Gasteiger partial charge in [0, 0.05) is 18.9 Å². The van der Waals surface area contributed by atoms with Crippen molar-refractivity contribution in [1.82, 2.24) is 0 Å². The largest absolute Gasteiger partial charge is 0.496 e. The van der Waals surface area contributed by atoms with E-state index in [2.05, 4.69) is 5.32 Å². The number of nitrogens with one attached hydrogen (secondary N) is 1. The van der Waals surface area contributed by atoms with Gasteiger partial charge < -0.3 is 18.6 Å². The minimum atomic E-state index is -0.763. The van der Waals surface area contributed by atoms with Crippen LogP contribution in [0.1, 0.15) is 21.7 Å². The van der Waals surface area contributed by atoms with E-state index in [0.29, 0.717) is 23.6 Å². The molecule has 2 rings (SSSR count). The van der Waals surface area contributed by atoms with E-state index in [4.69, 9.17) is 18.6 Å². The third kappa shape index (κ3) is 5.82. The van der Waals surface area contributed by atoms with Crippen molar-refractivity contribution in [3.63, 3.8) is 0 Å². The zero-order valence-corrected chi connectivity index (χ0v) is 15.8. The highest BCUT2D eigenvalue weighted by molar-refractivity contribution is 6.08. The molecule has 8 heteroatoms. The number of hydrogen-bond donors (Lipinski definition) is 1. The molecular formula is C20H21NO7. The van der Waals surface area contributed by atoms with Crippen LogP contribution in [0.25, 0.3) is 6.08 Å². The number of ether oxygens (including phenoxy) is 3. The number of hydrogen-bond acceptors (Lipinski definition) is 7. The van der Waals surface area contributed by atoms with Crippen LogP contribution in [-0.2, 0) is 9.47 Å². The molecule has 1 heterocycles. The van der Waals surface area contributed by atoms with Crippen LogP contribution in [0.2, 0.25) is 0 Å². The van der Waals surface area contributed by atoms with Gasteiger partial charge in [-0.2, -0.15) is 0 Å². The minimum absolute atomic E-state index is 0.136. The Hall–Kier alpha value is -3.39. The van der Waals surface area contributed by atoms with Crippen LogP contribution in [0, 0.1) is 6.92 Å². The van der Waals surface area contributed by atoms with Crippen molar-refractivity contribution in [2.24, 2.45) is 0 Å². The molecule has 0 unspecified atom stereocenters. The summed E-state index contributed by atoms with van der Waals surface area (Å²) >= 11 is 0. The number of allylic oxidation sites excluding steroid dienone is 1. The van der Waals surface area contributed by atoms with E-state index in [9.17, 15) is 14.4 Å². The molecule has 1 aromatic heterocycles. The number of anilines is 1. The molecule has 0 radical (unpaired) electrons. The van der Waals surface area contributed by atoms with E-state index in [0.717, 1.165) is 0 Å². The highest BCUT2D eigenvalue weighted by atomic mass is 16.6. The second kappa shape index (κ2) is 10.1. The van der Waals surface area contributed by atoms with Gasteiger partial charge in [0.15, 0.2) is 5.78 Å². The summed E-state index contributed by atoms with van der Waals surface area (Å²) < 4.78 is 19.8. The topological polar surface area (TPSA) is 104 Å². The first-order chi connectivity index (χ1) is 13.4. The van der Waals surface area contributed by atoms with Crippen LogP contribution in [0.4, 0.5) is 10.5 Å².